The van der Waals surface area contributed by atoms with E-state index in [0.717, 1.165) is 17.9 Å². The lowest BCUT2D eigenvalue weighted by Crippen LogP contribution is -2.36. The Morgan fingerprint density at radius 3 is 2.76 bits per heavy atom. The lowest BCUT2D eigenvalue weighted by atomic mass is 10.1. The molecule has 1 aliphatic rings. The fourth-order valence-electron chi connectivity index (χ4n) is 2.68. The highest BCUT2D eigenvalue weighted by Gasteiger charge is 2.31. The largest absolute Gasteiger partial charge is 0.355 e. The summed E-state index contributed by atoms with van der Waals surface area (Å²) in [5, 5.41) is 7.38. The second-order valence-electron chi connectivity index (χ2n) is 6.13. The second kappa shape index (κ2) is 6.28. The number of rotatable bonds is 5. The van der Waals surface area contributed by atoms with Crippen molar-refractivity contribution < 1.29 is 9.59 Å². The van der Waals surface area contributed by atoms with Crippen molar-refractivity contribution >= 4 is 11.8 Å². The molecule has 6 heteroatoms. The maximum Gasteiger partial charge on any atom is 0.225 e. The Bertz CT molecular complexity index is 538. The molecule has 1 aromatic heterocycles. The molecule has 2 rings (SSSR count). The molecule has 1 N–H and O–H groups in total. The number of nitrogens with one attached hydrogen (secondary N) is 1. The van der Waals surface area contributed by atoms with Crippen LogP contribution in [0.5, 0.6) is 0 Å². The van der Waals surface area contributed by atoms with Crippen LogP contribution in [0.15, 0.2) is 6.07 Å². The van der Waals surface area contributed by atoms with Crippen molar-refractivity contribution in [1.29, 1.82) is 0 Å². The quantitative estimate of drug-likeness (QED) is 0.870. The van der Waals surface area contributed by atoms with Crippen LogP contribution in [0.2, 0.25) is 0 Å². The van der Waals surface area contributed by atoms with Crippen molar-refractivity contribution in [3.8, 4) is 0 Å². The van der Waals surface area contributed by atoms with E-state index in [9.17, 15) is 9.59 Å². The summed E-state index contributed by atoms with van der Waals surface area (Å²) >= 11 is 0. The van der Waals surface area contributed by atoms with Crippen LogP contribution in [0.1, 0.15) is 24.7 Å². The van der Waals surface area contributed by atoms with E-state index in [1.54, 1.807) is 11.9 Å². The van der Waals surface area contributed by atoms with Gasteiger partial charge in [-0.15, -0.1) is 0 Å². The molecule has 116 valence electrons. The van der Waals surface area contributed by atoms with Crippen LogP contribution in [0.25, 0.3) is 0 Å². The highest BCUT2D eigenvalue weighted by atomic mass is 16.2. The third-order valence-electron chi connectivity index (χ3n) is 3.92. The van der Waals surface area contributed by atoms with Crippen LogP contribution in [0.4, 0.5) is 0 Å². The summed E-state index contributed by atoms with van der Waals surface area (Å²) in [7, 11) is 1.74. The number of likely N-dealkylation sites (tertiary alicyclic amines) is 1. The molecular formula is C15H24N4O2. The van der Waals surface area contributed by atoms with E-state index in [-0.39, 0.29) is 17.7 Å². The molecule has 0 spiro atoms. The van der Waals surface area contributed by atoms with E-state index in [1.807, 2.05) is 24.6 Å². The van der Waals surface area contributed by atoms with Crippen molar-refractivity contribution in [1.82, 2.24) is 20.0 Å². The van der Waals surface area contributed by atoms with E-state index in [1.165, 1.54) is 0 Å². The highest BCUT2D eigenvalue weighted by Crippen LogP contribution is 2.16. The molecule has 6 nitrogen and oxygen atoms in total. The zero-order valence-electron chi connectivity index (χ0n) is 13.2. The molecule has 1 aromatic rings. The molecule has 2 heterocycles. The van der Waals surface area contributed by atoms with Crippen LogP contribution in [0, 0.1) is 25.7 Å². The van der Waals surface area contributed by atoms with Gasteiger partial charge in [-0.05, 0) is 25.8 Å². The van der Waals surface area contributed by atoms with Crippen molar-refractivity contribution in [3.05, 3.63) is 17.5 Å². The van der Waals surface area contributed by atoms with Crippen molar-refractivity contribution in [2.75, 3.05) is 20.1 Å². The first kappa shape index (κ1) is 15.5. The summed E-state index contributed by atoms with van der Waals surface area (Å²) in [6, 6.07) is 2.05. The number of carbonyl (C=O) groups excluding carboxylic acids is 2. The maximum absolute atomic E-state index is 12.1. The predicted molar refractivity (Wildman–Crippen MR) is 79.6 cm³/mol. The van der Waals surface area contributed by atoms with Crippen LogP contribution in [-0.4, -0.2) is 46.6 Å². The molecule has 1 fully saturated rings. The summed E-state index contributed by atoms with van der Waals surface area (Å²) < 4.78 is 1.97. The number of aromatic nitrogens is 2. The minimum atomic E-state index is -0.205. The van der Waals surface area contributed by atoms with Gasteiger partial charge in [0.25, 0.3) is 0 Å². The zero-order valence-corrected chi connectivity index (χ0v) is 13.2. The van der Waals surface area contributed by atoms with E-state index < -0.39 is 0 Å². The molecule has 2 unspecified atom stereocenters. The van der Waals surface area contributed by atoms with Crippen LogP contribution in [-0.2, 0) is 16.1 Å². The number of amides is 2. The standard InChI is InChI=1S/C15H24N4O2/c1-10(8-19-12(3)5-11(2)17-19)7-16-15(21)13-6-14(20)18(4)9-13/h5,10,13H,6-9H2,1-4H3,(H,16,21). The minimum absolute atomic E-state index is 0.0204. The fraction of sp³-hybridized carbons (Fsp3) is 0.667. The molecule has 0 bridgehead atoms. The first-order valence-electron chi connectivity index (χ1n) is 7.39. The molecule has 2 amide bonds. The summed E-state index contributed by atoms with van der Waals surface area (Å²) in [5.41, 5.74) is 2.14. The van der Waals surface area contributed by atoms with E-state index in [4.69, 9.17) is 0 Å². The van der Waals surface area contributed by atoms with Gasteiger partial charge in [-0.1, -0.05) is 6.92 Å². The maximum atomic E-state index is 12.1. The van der Waals surface area contributed by atoms with E-state index in [0.29, 0.717) is 25.4 Å². The zero-order chi connectivity index (χ0) is 15.6. The number of hydrogen-bond donors (Lipinski definition) is 1. The van der Waals surface area contributed by atoms with Gasteiger partial charge in [0.15, 0.2) is 0 Å². The van der Waals surface area contributed by atoms with Gasteiger partial charge in [0.2, 0.25) is 11.8 Å². The molecule has 21 heavy (non-hydrogen) atoms. The minimum Gasteiger partial charge on any atom is -0.355 e. The smallest absolute Gasteiger partial charge is 0.225 e. The topological polar surface area (TPSA) is 67.2 Å². The van der Waals surface area contributed by atoms with Crippen LogP contribution < -0.4 is 5.32 Å². The molecule has 0 aliphatic carbocycles. The Balaban J connectivity index is 1.79. The summed E-state index contributed by atoms with van der Waals surface area (Å²) in [4.78, 5) is 25.1. The first-order chi connectivity index (χ1) is 9.86. The van der Waals surface area contributed by atoms with Gasteiger partial charge in [0.1, 0.15) is 0 Å². The molecule has 1 saturated heterocycles. The van der Waals surface area contributed by atoms with E-state index in [2.05, 4.69) is 17.3 Å². The number of nitrogens with zero attached hydrogens (tertiary/aromatic N) is 3. The van der Waals surface area contributed by atoms with Gasteiger partial charge in [-0.2, -0.15) is 5.10 Å². The molecule has 0 radical (unpaired) electrons. The second-order valence-corrected chi connectivity index (χ2v) is 6.13. The Labute approximate surface area is 125 Å². The van der Waals surface area contributed by atoms with Gasteiger partial charge in [0, 0.05) is 38.8 Å². The van der Waals surface area contributed by atoms with Gasteiger partial charge >= 0.3 is 0 Å². The van der Waals surface area contributed by atoms with Gasteiger partial charge in [-0.25, -0.2) is 0 Å². The Kier molecular flexibility index (Phi) is 4.65. The average Bonchev–Trinajstić information content (AvgIpc) is 2.90. The third kappa shape index (κ3) is 3.83. The summed E-state index contributed by atoms with van der Waals surface area (Å²) in [6.45, 7) is 8.00. The third-order valence-corrected chi connectivity index (χ3v) is 3.92. The van der Waals surface area contributed by atoms with Crippen molar-refractivity contribution in [2.45, 2.75) is 33.7 Å². The van der Waals surface area contributed by atoms with Crippen molar-refractivity contribution in [2.24, 2.45) is 11.8 Å². The lowest BCUT2D eigenvalue weighted by Gasteiger charge is -2.16. The van der Waals surface area contributed by atoms with Gasteiger partial charge in [0.05, 0.1) is 11.6 Å². The van der Waals surface area contributed by atoms with E-state index >= 15 is 0 Å². The fourth-order valence-corrected chi connectivity index (χ4v) is 2.68. The number of aryl methyl sites for hydroxylation is 2. The molecule has 2 atom stereocenters. The Morgan fingerprint density at radius 1 is 1.52 bits per heavy atom. The van der Waals surface area contributed by atoms with Crippen molar-refractivity contribution in [3.63, 3.8) is 0 Å². The molecular weight excluding hydrogens is 268 g/mol. The normalized spacial score (nSPS) is 19.9. The summed E-state index contributed by atoms with van der Waals surface area (Å²) in [5.74, 6) is 0.115. The summed E-state index contributed by atoms with van der Waals surface area (Å²) in [6.07, 6.45) is 0.328. The Hall–Kier alpha value is -1.85. The lowest BCUT2D eigenvalue weighted by molar-refractivity contribution is -0.128. The Morgan fingerprint density at radius 2 is 2.24 bits per heavy atom. The molecule has 0 saturated carbocycles. The van der Waals surface area contributed by atoms with Crippen LogP contribution >= 0.6 is 0 Å². The number of carbonyl (C=O) groups is 2. The SMILES string of the molecule is Cc1cc(C)n(CC(C)CNC(=O)C2CC(=O)N(C)C2)n1. The van der Waals surface area contributed by atoms with Gasteiger partial charge in [-0.3, -0.25) is 14.3 Å². The monoisotopic (exact) mass is 292 g/mol. The van der Waals surface area contributed by atoms with Crippen LogP contribution in [0.3, 0.4) is 0 Å². The highest BCUT2D eigenvalue weighted by molar-refractivity contribution is 5.89. The average molecular weight is 292 g/mol. The first-order valence-corrected chi connectivity index (χ1v) is 7.39. The van der Waals surface area contributed by atoms with Gasteiger partial charge < -0.3 is 10.2 Å². The molecule has 0 aromatic carbocycles. The molecule has 1 aliphatic heterocycles. The predicted octanol–water partition coefficient (Wildman–Crippen LogP) is 0.731. The number of hydrogen-bond acceptors (Lipinski definition) is 3.